The van der Waals surface area contributed by atoms with Crippen molar-refractivity contribution in [3.05, 3.63) is 50.1 Å². The Hall–Kier alpha value is -2.16. The molecule has 0 aliphatic heterocycles. The summed E-state index contributed by atoms with van der Waals surface area (Å²) in [5.74, 6) is 0.682. The topological polar surface area (TPSA) is 90.0 Å². The molecule has 7 nitrogen and oxygen atoms in total. The highest BCUT2D eigenvalue weighted by Crippen LogP contribution is 2.29. The minimum absolute atomic E-state index is 0.0658. The maximum atomic E-state index is 12.6. The fourth-order valence-electron chi connectivity index (χ4n) is 2.44. The summed E-state index contributed by atoms with van der Waals surface area (Å²) in [4.78, 5) is 33.7. The number of halogens is 1. The van der Waals surface area contributed by atoms with Crippen LogP contribution in [0.2, 0.25) is 5.02 Å². The van der Waals surface area contributed by atoms with E-state index < -0.39 is 11.2 Å². The van der Waals surface area contributed by atoms with Gasteiger partial charge in [0.1, 0.15) is 10.4 Å². The van der Waals surface area contributed by atoms with Gasteiger partial charge in [0.25, 0.3) is 5.56 Å². The Morgan fingerprint density at radius 3 is 2.56 bits per heavy atom. The van der Waals surface area contributed by atoms with Crippen LogP contribution in [-0.2, 0) is 14.1 Å². The molecule has 1 aromatic carbocycles. The van der Waals surface area contributed by atoms with Crippen LogP contribution >= 0.6 is 23.4 Å². The number of aliphatic hydroxyl groups is 1. The number of aliphatic hydroxyl groups excluding tert-OH is 1. The second-order valence-electron chi connectivity index (χ2n) is 5.31. The molecule has 2 heterocycles. The van der Waals surface area contributed by atoms with Gasteiger partial charge in [-0.2, -0.15) is 0 Å². The lowest BCUT2D eigenvalue weighted by Gasteiger charge is -2.12. The Morgan fingerprint density at radius 1 is 1.16 bits per heavy atom. The van der Waals surface area contributed by atoms with E-state index in [4.69, 9.17) is 16.7 Å². The van der Waals surface area contributed by atoms with Crippen LogP contribution in [0.25, 0.3) is 22.4 Å². The number of hydrogen-bond acceptors (Lipinski definition) is 6. The zero-order valence-electron chi connectivity index (χ0n) is 13.6. The van der Waals surface area contributed by atoms with Gasteiger partial charge in [0, 0.05) is 25.4 Å². The summed E-state index contributed by atoms with van der Waals surface area (Å²) in [5.41, 5.74) is -0.104. The molecule has 0 bridgehead atoms. The summed E-state index contributed by atoms with van der Waals surface area (Å²) in [6.07, 6.45) is 0. The van der Waals surface area contributed by atoms with Crippen molar-refractivity contribution in [2.24, 2.45) is 14.1 Å². The number of thioether (sulfide) groups is 1. The first-order valence-corrected chi connectivity index (χ1v) is 8.78. The number of rotatable bonds is 4. The fraction of sp³-hybridized carbons (Fsp3) is 0.250. The average Bonchev–Trinajstić information content (AvgIpc) is 2.62. The number of nitrogens with zero attached hydrogens (tertiary/aromatic N) is 4. The van der Waals surface area contributed by atoms with E-state index in [1.165, 1.54) is 23.4 Å². The molecular weight excluding hydrogens is 364 g/mol. The van der Waals surface area contributed by atoms with Crippen LogP contribution in [0.4, 0.5) is 0 Å². The SMILES string of the molecule is Cn1c(=O)c2c(SCCO)nc(-c3ccccc3Cl)nc2n(C)c1=O. The van der Waals surface area contributed by atoms with Crippen molar-refractivity contribution in [1.29, 1.82) is 0 Å². The molecule has 0 radical (unpaired) electrons. The second-order valence-corrected chi connectivity index (χ2v) is 6.80. The van der Waals surface area contributed by atoms with Crippen molar-refractivity contribution < 1.29 is 5.11 Å². The summed E-state index contributed by atoms with van der Waals surface area (Å²) >= 11 is 7.46. The molecule has 0 fully saturated rings. The van der Waals surface area contributed by atoms with E-state index >= 15 is 0 Å². The number of aromatic nitrogens is 4. The smallest absolute Gasteiger partial charge is 0.332 e. The van der Waals surface area contributed by atoms with Crippen molar-refractivity contribution in [1.82, 2.24) is 19.1 Å². The highest BCUT2D eigenvalue weighted by atomic mass is 35.5. The van der Waals surface area contributed by atoms with E-state index in [9.17, 15) is 9.59 Å². The Morgan fingerprint density at radius 2 is 1.88 bits per heavy atom. The summed E-state index contributed by atoms with van der Waals surface area (Å²) in [5, 5.41) is 10.3. The van der Waals surface area contributed by atoms with E-state index in [-0.39, 0.29) is 17.6 Å². The van der Waals surface area contributed by atoms with Crippen LogP contribution < -0.4 is 11.2 Å². The molecule has 0 saturated heterocycles. The predicted octanol–water partition coefficient (Wildman–Crippen LogP) is 1.43. The van der Waals surface area contributed by atoms with Gasteiger partial charge in [0.2, 0.25) is 0 Å². The molecule has 25 heavy (non-hydrogen) atoms. The lowest BCUT2D eigenvalue weighted by atomic mass is 10.2. The molecule has 0 aliphatic carbocycles. The average molecular weight is 379 g/mol. The molecule has 0 aliphatic rings. The van der Waals surface area contributed by atoms with Crippen LogP contribution in [-0.4, -0.2) is 36.6 Å². The zero-order chi connectivity index (χ0) is 18.1. The summed E-state index contributed by atoms with van der Waals surface area (Å²) in [6.45, 7) is -0.0658. The predicted molar refractivity (Wildman–Crippen MR) is 98.3 cm³/mol. The number of aryl methyl sites for hydroxylation is 1. The van der Waals surface area contributed by atoms with E-state index in [1.807, 2.05) is 0 Å². The molecule has 0 atom stereocenters. The molecule has 3 rings (SSSR count). The van der Waals surface area contributed by atoms with Gasteiger partial charge in [0.15, 0.2) is 11.5 Å². The standard InChI is InChI=1S/C16H15ClN4O3S/c1-20-13-11(15(23)21(2)16(20)24)14(25-8-7-22)19-12(18-13)9-5-3-4-6-10(9)17/h3-6,22H,7-8H2,1-2H3. The summed E-state index contributed by atoms with van der Waals surface area (Å²) in [7, 11) is 2.96. The van der Waals surface area contributed by atoms with Gasteiger partial charge in [-0.3, -0.25) is 13.9 Å². The van der Waals surface area contributed by atoms with Crippen molar-refractivity contribution in [2.75, 3.05) is 12.4 Å². The zero-order valence-corrected chi connectivity index (χ0v) is 15.1. The van der Waals surface area contributed by atoms with E-state index in [0.717, 1.165) is 4.57 Å². The van der Waals surface area contributed by atoms with Crippen molar-refractivity contribution >= 4 is 34.4 Å². The minimum atomic E-state index is -0.473. The first-order chi connectivity index (χ1) is 12.0. The van der Waals surface area contributed by atoms with E-state index in [1.54, 1.807) is 31.3 Å². The van der Waals surface area contributed by atoms with Crippen LogP contribution in [0, 0.1) is 0 Å². The maximum absolute atomic E-state index is 12.6. The summed E-state index contributed by atoms with van der Waals surface area (Å²) < 4.78 is 2.33. The highest BCUT2D eigenvalue weighted by Gasteiger charge is 2.18. The van der Waals surface area contributed by atoms with Gasteiger partial charge in [-0.15, -0.1) is 11.8 Å². The molecule has 9 heteroatoms. The van der Waals surface area contributed by atoms with Gasteiger partial charge in [0.05, 0.1) is 11.6 Å². The number of hydrogen-bond donors (Lipinski definition) is 1. The molecule has 130 valence electrons. The van der Waals surface area contributed by atoms with Gasteiger partial charge >= 0.3 is 5.69 Å². The van der Waals surface area contributed by atoms with Crippen LogP contribution in [0.5, 0.6) is 0 Å². The van der Waals surface area contributed by atoms with Crippen LogP contribution in [0.15, 0.2) is 38.9 Å². The second kappa shape index (κ2) is 6.99. The first-order valence-electron chi connectivity index (χ1n) is 7.42. The van der Waals surface area contributed by atoms with Gasteiger partial charge in [-0.1, -0.05) is 23.7 Å². The van der Waals surface area contributed by atoms with Crippen molar-refractivity contribution in [3.8, 4) is 11.4 Å². The Labute approximate surface area is 151 Å². The molecule has 0 amide bonds. The fourth-order valence-corrected chi connectivity index (χ4v) is 3.42. The van der Waals surface area contributed by atoms with Gasteiger partial charge in [-0.25, -0.2) is 14.8 Å². The quantitative estimate of drug-likeness (QED) is 0.545. The minimum Gasteiger partial charge on any atom is -0.396 e. The molecule has 3 aromatic rings. The highest BCUT2D eigenvalue weighted by molar-refractivity contribution is 7.99. The van der Waals surface area contributed by atoms with Crippen LogP contribution in [0.1, 0.15) is 0 Å². The number of benzene rings is 1. The third-order valence-corrected chi connectivity index (χ3v) is 5.00. The molecule has 0 unspecified atom stereocenters. The Kier molecular flexibility index (Phi) is 4.94. The van der Waals surface area contributed by atoms with Crippen LogP contribution in [0.3, 0.4) is 0 Å². The molecule has 2 aromatic heterocycles. The monoisotopic (exact) mass is 378 g/mol. The third-order valence-electron chi connectivity index (χ3n) is 3.71. The van der Waals surface area contributed by atoms with Crippen molar-refractivity contribution in [2.45, 2.75) is 5.03 Å². The third kappa shape index (κ3) is 3.08. The molecular formula is C16H15ClN4O3S. The Balaban J connectivity index is 2.42. The maximum Gasteiger partial charge on any atom is 0.332 e. The lowest BCUT2D eigenvalue weighted by molar-refractivity contribution is 0.322. The molecule has 0 spiro atoms. The largest absolute Gasteiger partial charge is 0.396 e. The Bertz CT molecular complexity index is 1080. The molecule has 1 N–H and O–H groups in total. The van der Waals surface area contributed by atoms with Gasteiger partial charge < -0.3 is 5.11 Å². The lowest BCUT2D eigenvalue weighted by Crippen LogP contribution is -2.37. The summed E-state index contributed by atoms with van der Waals surface area (Å²) in [6, 6.07) is 7.08. The normalized spacial score (nSPS) is 11.2. The van der Waals surface area contributed by atoms with E-state index in [0.29, 0.717) is 27.2 Å². The van der Waals surface area contributed by atoms with Crippen molar-refractivity contribution in [3.63, 3.8) is 0 Å². The number of fused-ring (bicyclic) bond motifs is 1. The van der Waals surface area contributed by atoms with E-state index in [2.05, 4.69) is 9.97 Å². The first kappa shape index (κ1) is 17.7. The molecule has 0 saturated carbocycles. The van der Waals surface area contributed by atoms with Gasteiger partial charge in [-0.05, 0) is 12.1 Å².